The van der Waals surface area contributed by atoms with Gasteiger partial charge in [-0.25, -0.2) is 14.3 Å². The second kappa shape index (κ2) is 8.63. The number of hydrogen-bond acceptors (Lipinski definition) is 5. The molecule has 0 atom stereocenters. The first-order chi connectivity index (χ1) is 15.9. The second-order valence-electron chi connectivity index (χ2n) is 6.83. The van der Waals surface area contributed by atoms with Crippen molar-refractivity contribution >= 4 is 35.3 Å². The third-order valence-corrected chi connectivity index (χ3v) is 4.76. The van der Waals surface area contributed by atoms with E-state index in [1.54, 1.807) is 60.7 Å². The van der Waals surface area contributed by atoms with Crippen molar-refractivity contribution in [2.45, 2.75) is 0 Å². The van der Waals surface area contributed by atoms with E-state index in [2.05, 4.69) is 10.2 Å². The summed E-state index contributed by atoms with van der Waals surface area (Å²) in [4.78, 5) is 48.8. The summed E-state index contributed by atoms with van der Waals surface area (Å²) >= 11 is 0. The Hall–Kier alpha value is -4.99. The van der Waals surface area contributed by atoms with Crippen molar-refractivity contribution in [3.63, 3.8) is 0 Å². The number of nitrogens with zero attached hydrogens (tertiary/aromatic N) is 3. The number of carboxylic acids is 2. The minimum Gasteiger partial charge on any atom is -0.477 e. The Morgan fingerprint density at radius 1 is 0.879 bits per heavy atom. The van der Waals surface area contributed by atoms with E-state index in [0.29, 0.717) is 11.4 Å². The fraction of sp³-hybridized carbons (Fsp3) is 0. The first kappa shape index (κ1) is 21.2. The number of nitrogens with one attached hydrogen (secondary N) is 1. The average Bonchev–Trinajstić information content (AvgIpc) is 3.32. The molecule has 4 rings (SSSR count). The number of carbonyl (C=O) groups excluding carboxylic acids is 1. The van der Waals surface area contributed by atoms with Crippen LogP contribution in [0.4, 0.5) is 5.69 Å². The van der Waals surface area contributed by atoms with Crippen LogP contribution in [0.1, 0.15) is 16.1 Å². The van der Waals surface area contributed by atoms with E-state index in [0.717, 1.165) is 9.69 Å². The molecule has 2 aromatic carbocycles. The number of allylic oxidation sites excluding steroid dienone is 2. The average molecular weight is 444 g/mol. The molecule has 1 amide bonds. The fourth-order valence-electron chi connectivity index (χ4n) is 3.23. The molecule has 2 heterocycles. The Labute approximate surface area is 186 Å². The minimum absolute atomic E-state index is 0.164. The zero-order valence-corrected chi connectivity index (χ0v) is 16.9. The summed E-state index contributed by atoms with van der Waals surface area (Å²) in [5, 5.41) is 26.3. The number of H-pyrrole nitrogens is 1. The maximum Gasteiger partial charge on any atom is 0.357 e. The van der Waals surface area contributed by atoms with E-state index in [9.17, 15) is 29.4 Å². The van der Waals surface area contributed by atoms with Crippen LogP contribution in [0, 0.1) is 0 Å². The molecule has 0 aliphatic carbocycles. The summed E-state index contributed by atoms with van der Waals surface area (Å²) in [5.41, 5.74) is -0.993. The molecule has 1 aromatic heterocycles. The molecule has 0 fully saturated rings. The van der Waals surface area contributed by atoms with Gasteiger partial charge in [0, 0.05) is 0 Å². The minimum atomic E-state index is -1.40. The molecule has 0 saturated heterocycles. The quantitative estimate of drug-likeness (QED) is 0.498. The van der Waals surface area contributed by atoms with Gasteiger partial charge in [-0.2, -0.15) is 10.1 Å². The Balaban J connectivity index is 1.72. The largest absolute Gasteiger partial charge is 0.477 e. The van der Waals surface area contributed by atoms with E-state index in [-0.39, 0.29) is 16.8 Å². The monoisotopic (exact) mass is 444 g/mol. The lowest BCUT2D eigenvalue weighted by Gasteiger charge is -2.10. The lowest BCUT2D eigenvalue weighted by molar-refractivity contribution is -0.129. The van der Waals surface area contributed by atoms with E-state index >= 15 is 0 Å². The molecule has 10 heteroatoms. The highest BCUT2D eigenvalue weighted by molar-refractivity contribution is 6.52. The lowest BCUT2D eigenvalue weighted by atomic mass is 10.1. The van der Waals surface area contributed by atoms with Crippen LogP contribution >= 0.6 is 0 Å². The molecule has 3 aromatic rings. The van der Waals surface area contributed by atoms with Gasteiger partial charge in [-0.05, 0) is 36.4 Å². The molecule has 164 valence electrons. The van der Waals surface area contributed by atoms with Crippen LogP contribution in [0.5, 0.6) is 0 Å². The predicted octanol–water partition coefficient (Wildman–Crippen LogP) is 2.29. The predicted molar refractivity (Wildman–Crippen MR) is 119 cm³/mol. The van der Waals surface area contributed by atoms with Gasteiger partial charge in [-0.3, -0.25) is 14.7 Å². The van der Waals surface area contributed by atoms with Gasteiger partial charge in [0.1, 0.15) is 0 Å². The molecule has 0 spiro atoms. The van der Waals surface area contributed by atoms with Crippen LogP contribution in [0.15, 0.2) is 88.3 Å². The number of aromatic amines is 1. The zero-order valence-electron chi connectivity index (χ0n) is 16.9. The summed E-state index contributed by atoms with van der Waals surface area (Å²) in [7, 11) is 0. The molecule has 0 radical (unpaired) electrons. The van der Waals surface area contributed by atoms with Crippen molar-refractivity contribution in [2.24, 2.45) is 5.10 Å². The fourth-order valence-corrected chi connectivity index (χ4v) is 3.23. The molecule has 1 aliphatic rings. The number of carboxylic acid groups (broad SMARTS) is 2. The molecule has 10 nitrogen and oxygen atoms in total. The number of aromatic nitrogens is 2. The first-order valence-electron chi connectivity index (χ1n) is 9.62. The molecule has 0 saturated carbocycles. The van der Waals surface area contributed by atoms with Crippen molar-refractivity contribution in [1.82, 2.24) is 9.78 Å². The highest BCUT2D eigenvalue weighted by Gasteiger charge is 2.34. The Morgan fingerprint density at radius 3 is 2.06 bits per heavy atom. The zero-order chi connectivity index (χ0) is 23.5. The van der Waals surface area contributed by atoms with Crippen LogP contribution < -0.4 is 10.6 Å². The van der Waals surface area contributed by atoms with Crippen LogP contribution in [0.25, 0.3) is 11.8 Å². The highest BCUT2D eigenvalue weighted by atomic mass is 16.4. The third-order valence-electron chi connectivity index (χ3n) is 4.76. The lowest BCUT2D eigenvalue weighted by Crippen LogP contribution is -2.22. The van der Waals surface area contributed by atoms with E-state index in [1.165, 1.54) is 18.2 Å². The third kappa shape index (κ3) is 4.00. The number of anilines is 1. The normalized spacial score (nSPS) is 14.8. The van der Waals surface area contributed by atoms with Crippen LogP contribution in [0.3, 0.4) is 0 Å². The molecule has 0 bridgehead atoms. The van der Waals surface area contributed by atoms with Crippen molar-refractivity contribution in [3.8, 4) is 5.69 Å². The van der Waals surface area contributed by atoms with Crippen molar-refractivity contribution in [3.05, 3.63) is 100.0 Å². The maximum atomic E-state index is 12.8. The number of rotatable bonds is 6. The SMILES string of the molecule is O=C(O)C1=NN(c2ccccc2)C(=O)C1=CC=Cc1c(C(=O)O)[nH]n(-c2ccccc2)c1=O. The smallest absolute Gasteiger partial charge is 0.357 e. The van der Waals surface area contributed by atoms with Gasteiger partial charge < -0.3 is 10.2 Å². The standard InChI is InChI=1S/C23H16N4O6/c28-20-16(18(22(30)31)24-26(20)14-8-3-1-4-9-14)12-7-13-17-19(23(32)33)25-27(21(17)29)15-10-5-2-6-11-15/h1-13,24H,(H,30,31)(H,32,33). The molecular weight excluding hydrogens is 428 g/mol. The number of hydrogen-bond donors (Lipinski definition) is 3. The summed E-state index contributed by atoms with van der Waals surface area (Å²) in [6, 6.07) is 16.7. The summed E-state index contributed by atoms with van der Waals surface area (Å²) < 4.78 is 1.08. The Bertz CT molecular complexity index is 1400. The van der Waals surface area contributed by atoms with Gasteiger partial charge in [0.2, 0.25) is 0 Å². The Morgan fingerprint density at radius 2 is 1.48 bits per heavy atom. The summed E-state index contributed by atoms with van der Waals surface area (Å²) in [5.74, 6) is -3.42. The highest BCUT2D eigenvalue weighted by Crippen LogP contribution is 2.23. The number of para-hydroxylation sites is 2. The molecule has 33 heavy (non-hydrogen) atoms. The second-order valence-corrected chi connectivity index (χ2v) is 6.83. The number of amides is 1. The summed E-state index contributed by atoms with van der Waals surface area (Å²) in [6.07, 6.45) is 3.63. The number of carbonyl (C=O) groups is 3. The van der Waals surface area contributed by atoms with Crippen LogP contribution in [-0.2, 0) is 9.59 Å². The van der Waals surface area contributed by atoms with Gasteiger partial charge >= 0.3 is 11.9 Å². The van der Waals surface area contributed by atoms with Gasteiger partial charge in [0.25, 0.3) is 11.5 Å². The van der Waals surface area contributed by atoms with Crippen molar-refractivity contribution in [2.75, 3.05) is 5.01 Å². The first-order valence-corrected chi connectivity index (χ1v) is 9.62. The molecule has 1 aliphatic heterocycles. The van der Waals surface area contributed by atoms with E-state index in [1.807, 2.05) is 0 Å². The van der Waals surface area contributed by atoms with Gasteiger partial charge in [0.15, 0.2) is 11.4 Å². The van der Waals surface area contributed by atoms with Crippen molar-refractivity contribution < 1.29 is 24.6 Å². The number of aromatic carboxylic acids is 1. The Kier molecular flexibility index (Phi) is 5.56. The maximum absolute atomic E-state index is 12.8. The van der Waals surface area contributed by atoms with Crippen LogP contribution in [-0.4, -0.2) is 43.6 Å². The number of aliphatic carboxylic acids is 1. The topological polar surface area (TPSA) is 145 Å². The molecular formula is C23H16N4O6. The number of hydrazone groups is 1. The summed E-state index contributed by atoms with van der Waals surface area (Å²) in [6.45, 7) is 0. The van der Waals surface area contributed by atoms with E-state index in [4.69, 9.17) is 0 Å². The van der Waals surface area contributed by atoms with Crippen molar-refractivity contribution in [1.29, 1.82) is 0 Å². The van der Waals surface area contributed by atoms with Gasteiger partial charge in [-0.1, -0.05) is 42.5 Å². The van der Waals surface area contributed by atoms with Gasteiger partial charge in [0.05, 0.1) is 22.5 Å². The number of benzene rings is 2. The molecule has 3 N–H and O–H groups in total. The molecule has 0 unspecified atom stereocenters. The van der Waals surface area contributed by atoms with Crippen LogP contribution in [0.2, 0.25) is 0 Å². The van der Waals surface area contributed by atoms with E-state index < -0.39 is 29.1 Å². The van der Waals surface area contributed by atoms with Gasteiger partial charge in [-0.15, -0.1) is 0 Å².